The van der Waals surface area contributed by atoms with Crippen molar-refractivity contribution in [2.24, 2.45) is 5.41 Å². The van der Waals surface area contributed by atoms with Gasteiger partial charge in [0.1, 0.15) is 20.0 Å². The highest BCUT2D eigenvalue weighted by Crippen LogP contribution is 2.46. The zero-order valence-corrected chi connectivity index (χ0v) is 20.9. The minimum Gasteiger partial charge on any atom is -0.748 e. The molecule has 3 aromatic carbocycles. The molecule has 12 heteroatoms. The van der Waals surface area contributed by atoms with Crippen molar-refractivity contribution in [2.45, 2.75) is 26.5 Å². The summed E-state index contributed by atoms with van der Waals surface area (Å²) in [6.45, 7) is -6.98. The van der Waals surface area contributed by atoms with Crippen LogP contribution in [0.5, 0.6) is 0 Å². The monoisotopic (exact) mass is 566 g/mol. The van der Waals surface area contributed by atoms with Crippen molar-refractivity contribution < 1.29 is 44.4 Å². The van der Waals surface area contributed by atoms with Crippen molar-refractivity contribution in [1.82, 2.24) is 0 Å². The van der Waals surface area contributed by atoms with Crippen molar-refractivity contribution in [3.05, 3.63) is 91.0 Å². The summed E-state index contributed by atoms with van der Waals surface area (Å²) in [7, 11) is -5.71. The van der Waals surface area contributed by atoms with Gasteiger partial charge in [0.2, 0.25) is 0 Å². The quantitative estimate of drug-likeness (QED) is 0.211. The largest absolute Gasteiger partial charge is 0.748 e. The summed E-state index contributed by atoms with van der Waals surface area (Å²) >= 11 is 0. The Bertz CT molecular complexity index is 1090. The lowest BCUT2D eigenvalue weighted by molar-refractivity contribution is -0.300. The fraction of sp³-hybridized carbons (Fsp3) is 0.280. The molecule has 0 fully saturated rings. The van der Waals surface area contributed by atoms with Gasteiger partial charge in [0, 0.05) is 0 Å². The van der Waals surface area contributed by atoms with Crippen molar-refractivity contribution >= 4 is 21.0 Å². The topological polar surface area (TPSA) is 77.4 Å². The van der Waals surface area contributed by atoms with E-state index in [2.05, 4.69) is 91.0 Å². The lowest BCUT2D eigenvalue weighted by Gasteiger charge is -2.43. The van der Waals surface area contributed by atoms with E-state index < -0.39 is 53.1 Å². The van der Waals surface area contributed by atoms with E-state index >= 15 is 0 Å². The van der Waals surface area contributed by atoms with Gasteiger partial charge >= 0.3 is 6.18 Å². The Balaban J connectivity index is 0.000000261. The molecule has 0 radical (unpaired) electrons. The number of hydrogen-bond donors (Lipinski definition) is 1. The van der Waals surface area contributed by atoms with Gasteiger partial charge < -0.3 is 9.66 Å². The molecule has 0 heterocycles. The maximum atomic E-state index is 12.5. The molecular formula is C25H24F6O4S2. The van der Waals surface area contributed by atoms with Gasteiger partial charge in [0.15, 0.2) is 20.3 Å². The summed E-state index contributed by atoms with van der Waals surface area (Å²) in [6.07, 6.45) is -5.89. The summed E-state index contributed by atoms with van der Waals surface area (Å²) < 4.78 is 106. The molecule has 0 bridgehead atoms. The summed E-state index contributed by atoms with van der Waals surface area (Å²) in [4.78, 5) is 4.08. The Morgan fingerprint density at radius 1 is 0.676 bits per heavy atom. The van der Waals surface area contributed by atoms with E-state index in [0.29, 0.717) is 0 Å². The average molecular weight is 567 g/mol. The van der Waals surface area contributed by atoms with E-state index in [1.807, 2.05) is 0 Å². The molecule has 1 atom stereocenters. The smallest absolute Gasteiger partial charge is 0.419 e. The first-order valence-corrected chi connectivity index (χ1v) is 13.4. The molecule has 3 rings (SSSR count). The standard InChI is InChI=1S/C18H15S.C7H10F6O4S/c1-4-10-16(11-5-1)19(17-12-6-2-7-13-17)18-14-8-3-9-15-18;8-1-5(2-9,3-10)6(14,7(11,12)13)4-18(15,16)17/h1-15H;14H,1-4H2,(H,15,16,17)/q+1;/p-1. The fourth-order valence-electron chi connectivity index (χ4n) is 3.31. The van der Waals surface area contributed by atoms with Gasteiger partial charge in [-0.25, -0.2) is 8.42 Å². The van der Waals surface area contributed by atoms with E-state index in [1.54, 1.807) is 0 Å². The first-order chi connectivity index (χ1) is 17.3. The van der Waals surface area contributed by atoms with Gasteiger partial charge in [-0.2, -0.15) is 13.2 Å². The van der Waals surface area contributed by atoms with Crippen LogP contribution in [0.1, 0.15) is 0 Å². The van der Waals surface area contributed by atoms with Gasteiger partial charge in [0.25, 0.3) is 0 Å². The van der Waals surface area contributed by atoms with Gasteiger partial charge in [0.05, 0.1) is 32.2 Å². The first-order valence-electron chi connectivity index (χ1n) is 10.6. The molecular weight excluding hydrogens is 542 g/mol. The molecule has 0 aliphatic rings. The molecule has 4 nitrogen and oxygen atoms in total. The molecule has 1 unspecified atom stereocenters. The molecule has 0 saturated carbocycles. The van der Waals surface area contributed by atoms with Crippen LogP contribution in [0.3, 0.4) is 0 Å². The molecule has 0 aliphatic carbocycles. The Morgan fingerprint density at radius 3 is 1.19 bits per heavy atom. The summed E-state index contributed by atoms with van der Waals surface area (Å²) in [5, 5.41) is 9.17. The molecule has 3 aromatic rings. The minimum atomic E-state index is -5.89. The summed E-state index contributed by atoms with van der Waals surface area (Å²) in [5.74, 6) is -2.57. The Labute approximate surface area is 214 Å². The van der Waals surface area contributed by atoms with Gasteiger partial charge in [-0.3, -0.25) is 13.2 Å². The zero-order valence-electron chi connectivity index (χ0n) is 19.2. The van der Waals surface area contributed by atoms with E-state index in [4.69, 9.17) is 5.11 Å². The number of alkyl halides is 6. The van der Waals surface area contributed by atoms with Crippen LogP contribution in [0.4, 0.5) is 26.3 Å². The van der Waals surface area contributed by atoms with Gasteiger partial charge in [-0.1, -0.05) is 54.6 Å². The average Bonchev–Trinajstić information content (AvgIpc) is 2.86. The third-order valence-electron chi connectivity index (χ3n) is 5.44. The van der Waals surface area contributed by atoms with Crippen LogP contribution < -0.4 is 0 Å². The fourth-order valence-corrected chi connectivity index (χ4v) is 6.39. The minimum absolute atomic E-state index is 0.0146. The number of hydrogen-bond acceptors (Lipinski definition) is 4. The Morgan fingerprint density at radius 2 is 0.973 bits per heavy atom. The van der Waals surface area contributed by atoms with Crippen LogP contribution in [0.25, 0.3) is 0 Å². The van der Waals surface area contributed by atoms with Crippen LogP contribution in [0, 0.1) is 5.41 Å². The third kappa shape index (κ3) is 7.50. The second kappa shape index (κ2) is 12.8. The van der Waals surface area contributed by atoms with Gasteiger partial charge in [-0.15, -0.1) is 0 Å². The van der Waals surface area contributed by atoms with Crippen molar-refractivity contribution in [1.29, 1.82) is 0 Å². The maximum Gasteiger partial charge on any atom is 0.419 e. The molecule has 202 valence electrons. The van der Waals surface area contributed by atoms with E-state index in [1.165, 1.54) is 14.7 Å². The SMILES string of the molecule is O=S(=O)([O-])CC(O)(C(F)(F)F)C(CF)(CF)CF.c1ccc([S+](c2ccccc2)c2ccccc2)cc1. The second-order valence-corrected chi connectivity index (χ2v) is 11.4. The normalized spacial score (nSPS) is 14.0. The Kier molecular flexibility index (Phi) is 10.6. The molecule has 0 aliphatic heterocycles. The first kappa shape index (κ1) is 30.7. The van der Waals surface area contributed by atoms with E-state index in [0.717, 1.165) is 0 Å². The van der Waals surface area contributed by atoms with Crippen LogP contribution in [0.2, 0.25) is 0 Å². The molecule has 0 spiro atoms. The number of benzene rings is 3. The highest BCUT2D eigenvalue weighted by Gasteiger charge is 2.67. The van der Waals surface area contributed by atoms with Crippen molar-refractivity contribution in [3.63, 3.8) is 0 Å². The lowest BCUT2D eigenvalue weighted by Crippen LogP contribution is -2.65. The van der Waals surface area contributed by atoms with Crippen molar-refractivity contribution in [2.75, 3.05) is 25.8 Å². The zero-order chi connectivity index (χ0) is 27.7. The highest BCUT2D eigenvalue weighted by molar-refractivity contribution is 7.97. The number of halogens is 6. The lowest BCUT2D eigenvalue weighted by atomic mass is 9.75. The molecule has 0 aromatic heterocycles. The van der Waals surface area contributed by atoms with Crippen LogP contribution >= 0.6 is 0 Å². The van der Waals surface area contributed by atoms with Crippen molar-refractivity contribution in [3.8, 4) is 0 Å². The molecule has 0 amide bonds. The number of aliphatic hydroxyl groups is 1. The van der Waals surface area contributed by atoms with E-state index in [-0.39, 0.29) is 10.9 Å². The predicted molar refractivity (Wildman–Crippen MR) is 127 cm³/mol. The van der Waals surface area contributed by atoms with Crippen LogP contribution in [-0.4, -0.2) is 55.6 Å². The van der Waals surface area contributed by atoms with Gasteiger partial charge in [-0.05, 0) is 36.4 Å². The summed E-state index contributed by atoms with van der Waals surface area (Å²) in [5.41, 5.74) is -8.32. The molecule has 0 saturated heterocycles. The van der Waals surface area contributed by atoms with E-state index in [9.17, 15) is 39.3 Å². The summed E-state index contributed by atoms with van der Waals surface area (Å²) in [6, 6.07) is 32.2. The highest BCUT2D eigenvalue weighted by atomic mass is 32.2. The Hall–Kier alpha value is -2.54. The third-order valence-corrected chi connectivity index (χ3v) is 8.44. The molecule has 1 N–H and O–H groups in total. The van der Waals surface area contributed by atoms with Crippen LogP contribution in [-0.2, 0) is 21.0 Å². The van der Waals surface area contributed by atoms with Crippen LogP contribution in [0.15, 0.2) is 106 Å². The second-order valence-electron chi connectivity index (χ2n) is 7.99. The maximum absolute atomic E-state index is 12.5. The number of rotatable bonds is 9. The predicted octanol–water partition coefficient (Wildman–Crippen LogP) is 5.50. The molecule has 37 heavy (non-hydrogen) atoms.